The van der Waals surface area contributed by atoms with Crippen molar-refractivity contribution in [1.82, 2.24) is 10.3 Å². The van der Waals surface area contributed by atoms with E-state index in [1.54, 1.807) is 19.9 Å². The van der Waals surface area contributed by atoms with Gasteiger partial charge in [-0.2, -0.15) is 0 Å². The van der Waals surface area contributed by atoms with Crippen molar-refractivity contribution in [1.29, 1.82) is 0 Å². The number of hydrogen-bond donors (Lipinski definition) is 2. The number of nitrogens with one attached hydrogen (secondary N) is 2. The number of benzene rings is 1. The number of para-hydroxylation sites is 1. The molecule has 1 amide bonds. The number of aromatic nitrogens is 1. The molecule has 0 bridgehead atoms. The molecule has 0 saturated heterocycles. The van der Waals surface area contributed by atoms with Crippen LogP contribution in [-0.4, -0.2) is 29.4 Å². The number of aromatic amines is 1. The number of carbonyl (C=O) groups is 3. The molecule has 134 valence electrons. The summed E-state index contributed by atoms with van der Waals surface area (Å²) in [6.07, 6.45) is -0.766. The first kappa shape index (κ1) is 18.5. The number of hydrogen-bond acceptors (Lipinski definition) is 5. The molecule has 0 aliphatic heterocycles. The van der Waals surface area contributed by atoms with E-state index in [4.69, 9.17) is 9.47 Å². The van der Waals surface area contributed by atoms with Gasteiger partial charge in [0.05, 0.1) is 12.3 Å². The van der Waals surface area contributed by atoms with Gasteiger partial charge in [-0.3, -0.25) is 14.4 Å². The van der Waals surface area contributed by atoms with Crippen LogP contribution in [0.4, 0.5) is 0 Å². The van der Waals surface area contributed by atoms with Crippen LogP contribution in [0.1, 0.15) is 39.1 Å². The minimum atomic E-state index is -1.03. The van der Waals surface area contributed by atoms with Crippen molar-refractivity contribution in [2.75, 3.05) is 6.61 Å². The zero-order valence-electron chi connectivity index (χ0n) is 14.5. The highest BCUT2D eigenvalue weighted by molar-refractivity contribution is 5.95. The highest BCUT2D eigenvalue weighted by Crippen LogP contribution is 2.22. The molecule has 2 rings (SSSR count). The Morgan fingerprint density at radius 3 is 2.48 bits per heavy atom. The van der Waals surface area contributed by atoms with Crippen molar-refractivity contribution in [3.63, 3.8) is 0 Å². The van der Waals surface area contributed by atoms with Gasteiger partial charge >= 0.3 is 11.9 Å². The predicted molar refractivity (Wildman–Crippen MR) is 91.4 cm³/mol. The number of fused-ring (bicyclic) bond motifs is 1. The van der Waals surface area contributed by atoms with E-state index in [2.05, 4.69) is 10.3 Å². The summed E-state index contributed by atoms with van der Waals surface area (Å²) in [7, 11) is 0. The Morgan fingerprint density at radius 1 is 1.16 bits per heavy atom. The molecule has 2 aromatic rings. The predicted octanol–water partition coefficient (Wildman–Crippen LogP) is 2.44. The van der Waals surface area contributed by atoms with Crippen LogP contribution in [0.15, 0.2) is 30.3 Å². The standard InChI is InChI=1S/C18H22N2O5/c1-4-13(17(22)24-5-2)18(23)25-16(19-11(3)21)15-10-12-8-6-7-9-14(12)20-15/h6-10,13,16,20H,4-5H2,1-3H3,(H,19,21)/t13-,16-/m0/s1. The number of rotatable bonds is 7. The molecule has 0 saturated carbocycles. The van der Waals surface area contributed by atoms with Crippen molar-refractivity contribution < 1.29 is 23.9 Å². The molecule has 1 heterocycles. The van der Waals surface area contributed by atoms with E-state index in [0.717, 1.165) is 10.9 Å². The van der Waals surface area contributed by atoms with Gasteiger partial charge in [0.1, 0.15) is 0 Å². The molecule has 0 fully saturated rings. The monoisotopic (exact) mass is 346 g/mol. The molecule has 25 heavy (non-hydrogen) atoms. The third-order valence-electron chi connectivity index (χ3n) is 3.67. The maximum absolute atomic E-state index is 12.4. The Balaban J connectivity index is 2.23. The summed E-state index contributed by atoms with van der Waals surface area (Å²) in [4.78, 5) is 38.9. The highest BCUT2D eigenvalue weighted by atomic mass is 16.6. The van der Waals surface area contributed by atoms with Crippen molar-refractivity contribution in [3.8, 4) is 0 Å². The third-order valence-corrected chi connectivity index (χ3v) is 3.67. The van der Waals surface area contributed by atoms with Gasteiger partial charge < -0.3 is 19.8 Å². The lowest BCUT2D eigenvalue weighted by Crippen LogP contribution is -2.34. The summed E-state index contributed by atoms with van der Waals surface area (Å²) in [5.74, 6) is -2.76. The van der Waals surface area contributed by atoms with Crippen molar-refractivity contribution in [3.05, 3.63) is 36.0 Å². The highest BCUT2D eigenvalue weighted by Gasteiger charge is 2.31. The minimum Gasteiger partial charge on any atom is -0.465 e. The second-order valence-corrected chi connectivity index (χ2v) is 5.54. The quantitative estimate of drug-likeness (QED) is 0.456. The Kier molecular flexibility index (Phi) is 6.16. The normalized spacial score (nSPS) is 13.1. The molecule has 1 aromatic carbocycles. The van der Waals surface area contributed by atoms with E-state index >= 15 is 0 Å². The molecule has 0 radical (unpaired) electrons. The number of esters is 2. The smallest absolute Gasteiger partial charge is 0.322 e. The molecule has 2 N–H and O–H groups in total. The Labute approximate surface area is 145 Å². The zero-order chi connectivity index (χ0) is 18.4. The van der Waals surface area contributed by atoms with E-state index in [9.17, 15) is 14.4 Å². The summed E-state index contributed by atoms with van der Waals surface area (Å²) in [6, 6.07) is 9.31. The minimum absolute atomic E-state index is 0.180. The molecule has 7 heteroatoms. The van der Waals surface area contributed by atoms with Gasteiger partial charge in [0.15, 0.2) is 5.92 Å². The van der Waals surface area contributed by atoms with Gasteiger partial charge in [-0.15, -0.1) is 0 Å². The van der Waals surface area contributed by atoms with Gasteiger partial charge in [0.2, 0.25) is 12.1 Å². The molecule has 2 atom stereocenters. The second kappa shape index (κ2) is 8.32. The van der Waals surface area contributed by atoms with Crippen LogP contribution in [0, 0.1) is 5.92 Å². The molecule has 0 aliphatic carbocycles. The van der Waals surface area contributed by atoms with Crippen LogP contribution in [0.3, 0.4) is 0 Å². The van der Waals surface area contributed by atoms with Gasteiger partial charge in [0, 0.05) is 12.4 Å². The summed E-state index contributed by atoms with van der Waals surface area (Å²) in [5, 5.41) is 3.49. The first-order valence-electron chi connectivity index (χ1n) is 8.18. The van der Waals surface area contributed by atoms with Crippen LogP contribution in [0.2, 0.25) is 0 Å². The maximum Gasteiger partial charge on any atom is 0.322 e. The molecule has 0 aliphatic rings. The molecular formula is C18H22N2O5. The Hall–Kier alpha value is -2.83. The molecule has 7 nitrogen and oxygen atoms in total. The van der Waals surface area contributed by atoms with E-state index in [1.807, 2.05) is 24.3 Å². The number of ether oxygens (including phenoxy) is 2. The third kappa shape index (κ3) is 4.59. The summed E-state index contributed by atoms with van der Waals surface area (Å²) >= 11 is 0. The maximum atomic E-state index is 12.4. The second-order valence-electron chi connectivity index (χ2n) is 5.54. The van der Waals surface area contributed by atoms with Crippen molar-refractivity contribution in [2.24, 2.45) is 5.92 Å². The van der Waals surface area contributed by atoms with Gasteiger partial charge in [-0.25, -0.2) is 0 Å². The SMILES string of the molecule is CCOC(=O)[C@H](CC)C(=O)O[C@H](NC(C)=O)c1cc2ccccc2[nH]1. The number of H-pyrrole nitrogens is 1. The molecule has 0 unspecified atom stereocenters. The van der Waals surface area contributed by atoms with Crippen LogP contribution >= 0.6 is 0 Å². The fourth-order valence-electron chi connectivity index (χ4n) is 2.46. The zero-order valence-corrected chi connectivity index (χ0v) is 14.5. The van der Waals surface area contributed by atoms with Crippen LogP contribution in [-0.2, 0) is 23.9 Å². The molecule has 0 spiro atoms. The average molecular weight is 346 g/mol. The van der Waals surface area contributed by atoms with Crippen LogP contribution in [0.5, 0.6) is 0 Å². The topological polar surface area (TPSA) is 97.5 Å². The van der Waals surface area contributed by atoms with E-state index in [1.165, 1.54) is 6.92 Å². The van der Waals surface area contributed by atoms with Crippen molar-refractivity contribution in [2.45, 2.75) is 33.4 Å². The first-order chi connectivity index (χ1) is 12.0. The van der Waals surface area contributed by atoms with Gasteiger partial charge in [-0.05, 0) is 30.9 Å². The number of carbonyl (C=O) groups excluding carboxylic acids is 3. The van der Waals surface area contributed by atoms with E-state index < -0.39 is 24.1 Å². The Bertz CT molecular complexity index is 735. The van der Waals surface area contributed by atoms with Crippen LogP contribution in [0.25, 0.3) is 10.9 Å². The fourth-order valence-corrected chi connectivity index (χ4v) is 2.46. The van der Waals surface area contributed by atoms with Crippen molar-refractivity contribution >= 4 is 28.7 Å². The van der Waals surface area contributed by atoms with Crippen LogP contribution < -0.4 is 5.32 Å². The average Bonchev–Trinajstić information content (AvgIpc) is 2.98. The molecular weight excluding hydrogens is 324 g/mol. The van der Waals surface area contributed by atoms with Gasteiger partial charge in [-0.1, -0.05) is 25.1 Å². The van der Waals surface area contributed by atoms with E-state index in [-0.39, 0.29) is 18.9 Å². The first-order valence-corrected chi connectivity index (χ1v) is 8.18. The lowest BCUT2D eigenvalue weighted by molar-refractivity contribution is -0.167. The molecule has 1 aromatic heterocycles. The fraction of sp³-hybridized carbons (Fsp3) is 0.389. The van der Waals surface area contributed by atoms with E-state index in [0.29, 0.717) is 5.69 Å². The Morgan fingerprint density at radius 2 is 1.88 bits per heavy atom. The van der Waals surface area contributed by atoms with Gasteiger partial charge in [0.25, 0.3) is 0 Å². The largest absolute Gasteiger partial charge is 0.465 e. The lowest BCUT2D eigenvalue weighted by atomic mass is 10.1. The number of amides is 1. The summed E-state index contributed by atoms with van der Waals surface area (Å²) < 4.78 is 10.3. The summed E-state index contributed by atoms with van der Waals surface area (Å²) in [5.41, 5.74) is 1.37. The lowest BCUT2D eigenvalue weighted by Gasteiger charge is -2.20. The summed E-state index contributed by atoms with van der Waals surface area (Å²) in [6.45, 7) is 4.87.